The Bertz CT molecular complexity index is 1030. The maximum atomic E-state index is 12.5. The van der Waals surface area contributed by atoms with Crippen LogP contribution < -0.4 is 10.1 Å². The highest BCUT2D eigenvalue weighted by molar-refractivity contribution is 9.10. The summed E-state index contributed by atoms with van der Waals surface area (Å²) in [5.74, 6) is 0.370. The van der Waals surface area contributed by atoms with Crippen LogP contribution in [0.5, 0.6) is 5.75 Å². The van der Waals surface area contributed by atoms with E-state index in [2.05, 4.69) is 21.2 Å². The third kappa shape index (κ3) is 5.35. The first-order valence-electron chi connectivity index (χ1n) is 9.27. The van der Waals surface area contributed by atoms with Crippen molar-refractivity contribution in [3.8, 4) is 5.75 Å². The first-order chi connectivity index (χ1) is 14.0. The lowest BCUT2D eigenvalue weighted by atomic mass is 10.0. The third-order valence-corrected chi connectivity index (χ3v) is 5.24. The van der Waals surface area contributed by atoms with Gasteiger partial charge < -0.3 is 15.0 Å². The molecule has 6 heteroatoms. The number of rotatable bonds is 7. The topological polar surface area (TPSA) is 58.6 Å². The quantitative estimate of drug-likeness (QED) is 0.588. The Morgan fingerprint density at radius 1 is 1.03 bits per heavy atom. The Hall–Kier alpha value is -2.86. The van der Waals surface area contributed by atoms with Gasteiger partial charge in [0.15, 0.2) is 0 Å². The van der Waals surface area contributed by atoms with Crippen molar-refractivity contribution in [2.75, 3.05) is 20.7 Å². The smallest absolute Gasteiger partial charge is 0.242 e. The van der Waals surface area contributed by atoms with Crippen LogP contribution in [0.15, 0.2) is 65.1 Å². The zero-order valence-electron chi connectivity index (χ0n) is 16.4. The highest BCUT2D eigenvalue weighted by atomic mass is 79.9. The Labute approximate surface area is 178 Å². The number of nitrogens with zero attached hydrogens (tertiary/aromatic N) is 1. The van der Waals surface area contributed by atoms with Crippen molar-refractivity contribution in [2.45, 2.75) is 13.0 Å². The summed E-state index contributed by atoms with van der Waals surface area (Å²) >= 11 is 3.43. The van der Waals surface area contributed by atoms with Crippen LogP contribution in [0.1, 0.15) is 11.1 Å². The molecule has 0 heterocycles. The minimum absolute atomic E-state index is 0.0452. The van der Waals surface area contributed by atoms with E-state index in [1.54, 1.807) is 19.1 Å². The lowest BCUT2D eigenvalue weighted by Gasteiger charge is -2.19. The molecule has 0 saturated heterocycles. The zero-order valence-corrected chi connectivity index (χ0v) is 18.0. The van der Waals surface area contributed by atoms with Gasteiger partial charge in [-0.2, -0.15) is 0 Å². The number of halogens is 1. The van der Waals surface area contributed by atoms with E-state index in [9.17, 15) is 9.59 Å². The lowest BCUT2D eigenvalue weighted by Crippen LogP contribution is -2.38. The van der Waals surface area contributed by atoms with E-state index in [1.165, 1.54) is 0 Å². The molecule has 0 atom stereocenters. The molecule has 1 N–H and O–H groups in total. The average molecular weight is 455 g/mol. The standard InChI is InChI=1S/C23H23BrN2O3/c1-26(15-18-12-19(24)10-11-21(18)29-2)23(28)14-25-22(27)13-17-8-5-7-16-6-3-4-9-20(16)17/h3-12H,13-15H2,1-2H3,(H,25,27). The van der Waals surface area contributed by atoms with Crippen LogP contribution in [0.25, 0.3) is 10.8 Å². The Balaban J connectivity index is 1.57. The number of methoxy groups -OCH3 is 1. The van der Waals surface area contributed by atoms with E-state index < -0.39 is 0 Å². The largest absolute Gasteiger partial charge is 0.496 e. The summed E-state index contributed by atoms with van der Waals surface area (Å²) in [7, 11) is 3.31. The molecular weight excluding hydrogens is 432 g/mol. The van der Waals surface area contributed by atoms with Gasteiger partial charge in [0.05, 0.1) is 20.1 Å². The van der Waals surface area contributed by atoms with Gasteiger partial charge in [0.2, 0.25) is 11.8 Å². The Kier molecular flexibility index (Phi) is 6.88. The molecule has 3 aromatic rings. The number of hydrogen-bond donors (Lipinski definition) is 1. The molecule has 3 rings (SSSR count). The van der Waals surface area contributed by atoms with Gasteiger partial charge in [-0.05, 0) is 34.5 Å². The molecule has 0 bridgehead atoms. The molecule has 0 aliphatic heterocycles. The van der Waals surface area contributed by atoms with E-state index in [-0.39, 0.29) is 24.8 Å². The predicted molar refractivity (Wildman–Crippen MR) is 118 cm³/mol. The molecule has 3 aromatic carbocycles. The summed E-state index contributed by atoms with van der Waals surface area (Å²) in [5, 5.41) is 4.88. The second-order valence-corrected chi connectivity index (χ2v) is 7.71. The normalized spacial score (nSPS) is 10.6. The number of hydrogen-bond acceptors (Lipinski definition) is 3. The second-order valence-electron chi connectivity index (χ2n) is 6.80. The summed E-state index contributed by atoms with van der Waals surface area (Å²) in [6.07, 6.45) is 0.234. The molecule has 0 unspecified atom stereocenters. The molecule has 150 valence electrons. The summed E-state index contributed by atoms with van der Waals surface area (Å²) in [6.45, 7) is 0.344. The van der Waals surface area contributed by atoms with Crippen molar-refractivity contribution >= 4 is 38.5 Å². The molecule has 2 amide bonds. The van der Waals surface area contributed by atoms with E-state index in [1.807, 2.05) is 60.7 Å². The minimum atomic E-state index is -0.178. The predicted octanol–water partition coefficient (Wildman–Crippen LogP) is 3.93. The molecular formula is C23H23BrN2O3. The molecule has 0 radical (unpaired) electrons. The molecule has 0 saturated carbocycles. The first kappa shape index (κ1) is 20.9. The number of amides is 2. The monoisotopic (exact) mass is 454 g/mol. The molecule has 0 aliphatic rings. The van der Waals surface area contributed by atoms with Gasteiger partial charge in [0, 0.05) is 23.6 Å². The first-order valence-corrected chi connectivity index (χ1v) is 10.1. The molecule has 0 spiro atoms. The summed E-state index contributed by atoms with van der Waals surface area (Å²) in [6, 6.07) is 19.5. The van der Waals surface area contributed by atoms with Crippen LogP contribution in [0.4, 0.5) is 0 Å². The molecule has 5 nitrogen and oxygen atoms in total. The average Bonchev–Trinajstić information content (AvgIpc) is 2.72. The van der Waals surface area contributed by atoms with Gasteiger partial charge in [0.25, 0.3) is 0 Å². The van der Waals surface area contributed by atoms with Crippen molar-refractivity contribution < 1.29 is 14.3 Å². The highest BCUT2D eigenvalue weighted by Gasteiger charge is 2.14. The van der Waals surface area contributed by atoms with Crippen LogP contribution in [-0.4, -0.2) is 37.4 Å². The fourth-order valence-corrected chi connectivity index (χ4v) is 3.61. The van der Waals surface area contributed by atoms with E-state index in [0.29, 0.717) is 12.3 Å². The van der Waals surface area contributed by atoms with E-state index in [4.69, 9.17) is 4.74 Å². The van der Waals surface area contributed by atoms with Gasteiger partial charge in [-0.15, -0.1) is 0 Å². The maximum Gasteiger partial charge on any atom is 0.242 e. The van der Waals surface area contributed by atoms with Crippen molar-refractivity contribution in [3.05, 3.63) is 76.3 Å². The van der Waals surface area contributed by atoms with Crippen molar-refractivity contribution in [2.24, 2.45) is 0 Å². The van der Waals surface area contributed by atoms with Crippen molar-refractivity contribution in [3.63, 3.8) is 0 Å². The Morgan fingerprint density at radius 2 is 1.79 bits per heavy atom. The second kappa shape index (κ2) is 9.56. The van der Waals surface area contributed by atoms with Crippen molar-refractivity contribution in [1.82, 2.24) is 10.2 Å². The number of likely N-dealkylation sites (N-methyl/N-ethyl adjacent to an activating group) is 1. The van der Waals surface area contributed by atoms with E-state index >= 15 is 0 Å². The molecule has 0 aliphatic carbocycles. The van der Waals surface area contributed by atoms with Crippen LogP contribution in [-0.2, 0) is 22.6 Å². The summed E-state index contributed by atoms with van der Waals surface area (Å²) in [4.78, 5) is 26.4. The van der Waals surface area contributed by atoms with Gasteiger partial charge in [-0.25, -0.2) is 0 Å². The van der Waals surface area contributed by atoms with Gasteiger partial charge in [-0.3, -0.25) is 9.59 Å². The minimum Gasteiger partial charge on any atom is -0.496 e. The number of nitrogens with one attached hydrogen (secondary N) is 1. The lowest BCUT2D eigenvalue weighted by molar-refractivity contribution is -0.132. The number of benzene rings is 3. The van der Waals surface area contributed by atoms with Crippen LogP contribution in [0, 0.1) is 0 Å². The van der Waals surface area contributed by atoms with Gasteiger partial charge in [-0.1, -0.05) is 58.4 Å². The van der Waals surface area contributed by atoms with Gasteiger partial charge in [0.1, 0.15) is 5.75 Å². The summed E-state index contributed by atoms with van der Waals surface area (Å²) < 4.78 is 6.27. The number of fused-ring (bicyclic) bond motifs is 1. The zero-order chi connectivity index (χ0) is 20.8. The van der Waals surface area contributed by atoms with Crippen LogP contribution >= 0.6 is 15.9 Å². The number of carbonyl (C=O) groups excluding carboxylic acids is 2. The highest BCUT2D eigenvalue weighted by Crippen LogP contribution is 2.24. The van der Waals surface area contributed by atoms with E-state index in [0.717, 1.165) is 26.4 Å². The summed E-state index contributed by atoms with van der Waals surface area (Å²) in [5.41, 5.74) is 1.83. The number of carbonyl (C=O) groups is 2. The third-order valence-electron chi connectivity index (χ3n) is 4.74. The van der Waals surface area contributed by atoms with Crippen LogP contribution in [0.2, 0.25) is 0 Å². The molecule has 0 fully saturated rings. The maximum absolute atomic E-state index is 12.5. The fourth-order valence-electron chi connectivity index (χ4n) is 3.21. The molecule has 29 heavy (non-hydrogen) atoms. The Morgan fingerprint density at radius 3 is 2.59 bits per heavy atom. The fraction of sp³-hybridized carbons (Fsp3) is 0.217. The van der Waals surface area contributed by atoms with Crippen molar-refractivity contribution in [1.29, 1.82) is 0 Å². The number of ether oxygens (including phenoxy) is 1. The van der Waals surface area contributed by atoms with Crippen LogP contribution in [0.3, 0.4) is 0 Å². The SMILES string of the molecule is COc1ccc(Br)cc1CN(C)C(=O)CNC(=O)Cc1cccc2ccccc12. The molecule has 0 aromatic heterocycles. The van der Waals surface area contributed by atoms with Gasteiger partial charge >= 0.3 is 0 Å².